The molecule has 4 aromatic heterocycles. The van der Waals surface area contributed by atoms with Crippen molar-refractivity contribution in [3.05, 3.63) is 84.7 Å². The lowest BCUT2D eigenvalue weighted by atomic mass is 10.1. The molecule has 25 heavy (non-hydrogen) atoms. The molecule has 0 fully saturated rings. The topological polar surface area (TPSA) is 58.9 Å². The van der Waals surface area contributed by atoms with Gasteiger partial charge in [0.1, 0.15) is 5.65 Å². The first-order valence-corrected chi connectivity index (χ1v) is 8.16. The van der Waals surface area contributed by atoms with Crippen LogP contribution >= 0.6 is 0 Å². The molecule has 0 saturated carbocycles. The van der Waals surface area contributed by atoms with Gasteiger partial charge in [0.2, 0.25) is 0 Å². The van der Waals surface area contributed by atoms with E-state index >= 15 is 0 Å². The first-order valence-electron chi connectivity index (χ1n) is 8.16. The molecule has 0 unspecified atom stereocenters. The fourth-order valence-electron chi connectivity index (χ4n) is 3.26. The molecule has 0 aliphatic heterocycles. The lowest BCUT2D eigenvalue weighted by Gasteiger charge is -2.06. The second-order valence-electron chi connectivity index (χ2n) is 6.06. The summed E-state index contributed by atoms with van der Waals surface area (Å²) < 4.78 is 2.16. The van der Waals surface area contributed by atoms with E-state index in [-0.39, 0.29) is 0 Å². The molecule has 1 N–H and O–H groups in total. The highest BCUT2D eigenvalue weighted by molar-refractivity contribution is 5.81. The number of hydrogen-bond donors (Lipinski definition) is 1. The molecular weight excluding hydrogens is 310 g/mol. The zero-order chi connectivity index (χ0) is 16.6. The van der Waals surface area contributed by atoms with Gasteiger partial charge in [-0.25, -0.2) is 4.98 Å². The summed E-state index contributed by atoms with van der Waals surface area (Å²) in [6.45, 7) is 0. The van der Waals surface area contributed by atoms with Crippen LogP contribution in [0.4, 0.5) is 0 Å². The van der Waals surface area contributed by atoms with Gasteiger partial charge in [-0.15, -0.1) is 0 Å². The van der Waals surface area contributed by atoms with Gasteiger partial charge in [0.25, 0.3) is 0 Å². The van der Waals surface area contributed by atoms with Crippen molar-refractivity contribution in [3.8, 4) is 11.1 Å². The number of nitrogens with zero attached hydrogens (tertiary/aromatic N) is 4. The van der Waals surface area contributed by atoms with Gasteiger partial charge in [0.05, 0.1) is 11.7 Å². The molecule has 0 saturated heterocycles. The fraction of sp³-hybridized carbons (Fsp3) is 0.0500. The first-order chi connectivity index (χ1) is 12.4. The Kier molecular flexibility index (Phi) is 3.10. The summed E-state index contributed by atoms with van der Waals surface area (Å²) in [6, 6.07) is 14.4. The van der Waals surface area contributed by atoms with Crippen LogP contribution in [0.25, 0.3) is 27.7 Å². The molecule has 0 amide bonds. The van der Waals surface area contributed by atoms with Crippen LogP contribution in [0.1, 0.15) is 11.3 Å². The summed E-state index contributed by atoms with van der Waals surface area (Å²) in [5.41, 5.74) is 6.70. The van der Waals surface area contributed by atoms with Crippen molar-refractivity contribution in [2.75, 3.05) is 0 Å². The lowest BCUT2D eigenvalue weighted by Crippen LogP contribution is -1.96. The second-order valence-corrected chi connectivity index (χ2v) is 6.06. The largest absolute Gasteiger partial charge is 0.303 e. The average molecular weight is 325 g/mol. The van der Waals surface area contributed by atoms with E-state index in [1.165, 1.54) is 5.56 Å². The minimum atomic E-state index is 0.803. The van der Waals surface area contributed by atoms with Crippen molar-refractivity contribution >= 4 is 16.6 Å². The predicted molar refractivity (Wildman–Crippen MR) is 97.3 cm³/mol. The molecule has 4 heterocycles. The van der Waals surface area contributed by atoms with Gasteiger partial charge >= 0.3 is 0 Å². The van der Waals surface area contributed by atoms with Crippen molar-refractivity contribution in [1.29, 1.82) is 0 Å². The standard InChI is InChI=1S/C20H15N5/c1-2-15(18-12-23-24-19(18)3-1)10-17-11-22-20-5-4-16(13-25(17)20)14-6-8-21-9-7-14/h1-9,11-13H,10H2,(H,23,24). The highest BCUT2D eigenvalue weighted by Crippen LogP contribution is 2.23. The van der Waals surface area contributed by atoms with Gasteiger partial charge in [-0.2, -0.15) is 5.10 Å². The summed E-state index contributed by atoms with van der Waals surface area (Å²) in [7, 11) is 0. The minimum Gasteiger partial charge on any atom is -0.303 e. The van der Waals surface area contributed by atoms with Crippen LogP contribution in [0.15, 0.2) is 73.4 Å². The smallest absolute Gasteiger partial charge is 0.136 e. The Bertz CT molecular complexity index is 1170. The van der Waals surface area contributed by atoms with Crippen molar-refractivity contribution in [2.24, 2.45) is 0 Å². The first kappa shape index (κ1) is 13.9. The molecule has 1 aromatic carbocycles. The fourth-order valence-corrected chi connectivity index (χ4v) is 3.26. The third-order valence-electron chi connectivity index (χ3n) is 4.54. The van der Waals surface area contributed by atoms with E-state index in [1.807, 2.05) is 43.0 Å². The Morgan fingerprint density at radius 2 is 1.84 bits per heavy atom. The Morgan fingerprint density at radius 3 is 2.76 bits per heavy atom. The van der Waals surface area contributed by atoms with Gasteiger partial charge in [0.15, 0.2) is 0 Å². The van der Waals surface area contributed by atoms with Crippen LogP contribution in [0.2, 0.25) is 0 Å². The van der Waals surface area contributed by atoms with Gasteiger partial charge in [-0.3, -0.25) is 10.1 Å². The van der Waals surface area contributed by atoms with E-state index in [9.17, 15) is 0 Å². The molecule has 0 aliphatic carbocycles. The van der Waals surface area contributed by atoms with Gasteiger partial charge in [-0.05, 0) is 47.0 Å². The third-order valence-corrected chi connectivity index (χ3v) is 4.54. The Labute approximate surface area is 144 Å². The van der Waals surface area contributed by atoms with Gasteiger partial charge < -0.3 is 4.40 Å². The number of aromatic nitrogens is 5. The van der Waals surface area contributed by atoms with Crippen LogP contribution in [-0.4, -0.2) is 24.6 Å². The summed E-state index contributed by atoms with van der Waals surface area (Å²) in [6.07, 6.45) is 10.4. The normalized spacial score (nSPS) is 11.4. The van der Waals surface area contributed by atoms with Gasteiger partial charge in [-0.1, -0.05) is 12.1 Å². The van der Waals surface area contributed by atoms with Crippen LogP contribution in [-0.2, 0) is 6.42 Å². The molecule has 0 bridgehead atoms. The number of nitrogens with one attached hydrogen (secondary N) is 1. The molecule has 5 aromatic rings. The van der Waals surface area contributed by atoms with E-state index in [0.29, 0.717) is 0 Å². The molecule has 0 aliphatic rings. The Hall–Kier alpha value is -3.47. The number of imidazole rings is 1. The van der Waals surface area contributed by atoms with E-state index in [0.717, 1.165) is 39.8 Å². The van der Waals surface area contributed by atoms with Crippen LogP contribution in [0, 0.1) is 0 Å². The molecule has 5 nitrogen and oxygen atoms in total. The third kappa shape index (κ3) is 2.37. The summed E-state index contributed by atoms with van der Waals surface area (Å²) in [4.78, 5) is 8.64. The summed E-state index contributed by atoms with van der Waals surface area (Å²) in [5, 5.41) is 8.34. The highest BCUT2D eigenvalue weighted by Gasteiger charge is 2.09. The van der Waals surface area contributed by atoms with Gasteiger partial charge in [0, 0.05) is 42.3 Å². The van der Waals surface area contributed by atoms with E-state index in [2.05, 4.69) is 55.0 Å². The average Bonchev–Trinajstić information content (AvgIpc) is 3.30. The van der Waals surface area contributed by atoms with Crippen molar-refractivity contribution < 1.29 is 0 Å². The maximum Gasteiger partial charge on any atom is 0.136 e. The van der Waals surface area contributed by atoms with Crippen molar-refractivity contribution in [1.82, 2.24) is 24.6 Å². The summed E-state index contributed by atoms with van der Waals surface area (Å²) in [5.74, 6) is 0. The monoisotopic (exact) mass is 325 g/mol. The molecular formula is C20H15N5. The zero-order valence-corrected chi connectivity index (χ0v) is 13.4. The van der Waals surface area contributed by atoms with Crippen molar-refractivity contribution in [3.63, 3.8) is 0 Å². The van der Waals surface area contributed by atoms with E-state index < -0.39 is 0 Å². The Morgan fingerprint density at radius 1 is 0.920 bits per heavy atom. The molecule has 120 valence electrons. The van der Waals surface area contributed by atoms with Crippen LogP contribution in [0.3, 0.4) is 0 Å². The maximum absolute atomic E-state index is 4.54. The zero-order valence-electron chi connectivity index (χ0n) is 13.4. The number of rotatable bonds is 3. The quantitative estimate of drug-likeness (QED) is 0.548. The van der Waals surface area contributed by atoms with Crippen LogP contribution < -0.4 is 0 Å². The van der Waals surface area contributed by atoms with E-state index in [4.69, 9.17) is 0 Å². The lowest BCUT2D eigenvalue weighted by molar-refractivity contribution is 1.03. The number of hydrogen-bond acceptors (Lipinski definition) is 3. The second kappa shape index (κ2) is 5.56. The predicted octanol–water partition coefficient (Wildman–Crippen LogP) is 3.86. The molecule has 0 spiro atoms. The minimum absolute atomic E-state index is 0.803. The highest BCUT2D eigenvalue weighted by atomic mass is 15.1. The van der Waals surface area contributed by atoms with Crippen molar-refractivity contribution in [2.45, 2.75) is 6.42 Å². The molecule has 0 radical (unpaired) electrons. The molecule has 5 rings (SSSR count). The number of fused-ring (bicyclic) bond motifs is 2. The Balaban J connectivity index is 1.61. The SMILES string of the molecule is c1cc(Cc2cnc3ccc(-c4ccncc4)cn23)c2cn[nH]c2c1. The van der Waals surface area contributed by atoms with E-state index in [1.54, 1.807) is 0 Å². The number of benzene rings is 1. The number of H-pyrrole nitrogens is 1. The van der Waals surface area contributed by atoms with Crippen LogP contribution in [0.5, 0.6) is 0 Å². The molecule has 5 heteroatoms. The molecule has 0 atom stereocenters. The number of pyridine rings is 2. The summed E-state index contributed by atoms with van der Waals surface area (Å²) >= 11 is 0. The number of aromatic amines is 1. The maximum atomic E-state index is 4.54.